The quantitative estimate of drug-likeness (QED) is 0.248. The number of sulfone groups is 1. The molecule has 1 heterocycles. The maximum atomic E-state index is 11.4. The number of guanidine groups is 1. The standard InChI is InChI=1S/C15H32N4O2S.HI/c1-14(2)6-4-5-7-17-15(16-3)18-8-9-19-10-12-22(20,21)13-11-19;/h14H,4-13H2,1-3H3,(H2,16,17,18);1H. The minimum absolute atomic E-state index is 0. The molecule has 138 valence electrons. The molecule has 0 saturated carbocycles. The van der Waals surface area contributed by atoms with Crippen molar-refractivity contribution in [2.45, 2.75) is 33.1 Å². The van der Waals surface area contributed by atoms with Gasteiger partial charge in [0, 0.05) is 39.8 Å². The first-order chi connectivity index (χ1) is 10.4. The molecule has 0 aromatic heterocycles. The Morgan fingerprint density at radius 3 is 2.30 bits per heavy atom. The number of nitrogens with one attached hydrogen (secondary N) is 2. The minimum Gasteiger partial charge on any atom is -0.356 e. The third-order valence-corrected chi connectivity index (χ3v) is 5.49. The van der Waals surface area contributed by atoms with Gasteiger partial charge in [0.1, 0.15) is 0 Å². The minimum atomic E-state index is -2.78. The van der Waals surface area contributed by atoms with Crippen LogP contribution in [0.4, 0.5) is 0 Å². The van der Waals surface area contributed by atoms with Crippen LogP contribution in [0, 0.1) is 5.92 Å². The lowest BCUT2D eigenvalue weighted by Gasteiger charge is -2.26. The summed E-state index contributed by atoms with van der Waals surface area (Å²) in [4.78, 5) is 6.39. The fraction of sp³-hybridized carbons (Fsp3) is 0.933. The van der Waals surface area contributed by atoms with E-state index in [0.717, 1.165) is 37.9 Å². The summed E-state index contributed by atoms with van der Waals surface area (Å²) in [6, 6.07) is 0. The van der Waals surface area contributed by atoms with Crippen LogP contribution in [0.5, 0.6) is 0 Å². The molecule has 0 atom stereocenters. The third kappa shape index (κ3) is 11.1. The Morgan fingerprint density at radius 1 is 1.13 bits per heavy atom. The molecule has 1 fully saturated rings. The van der Waals surface area contributed by atoms with Crippen LogP contribution in [0.3, 0.4) is 0 Å². The van der Waals surface area contributed by atoms with Gasteiger partial charge < -0.3 is 10.6 Å². The van der Waals surface area contributed by atoms with E-state index in [2.05, 4.69) is 34.4 Å². The van der Waals surface area contributed by atoms with Gasteiger partial charge in [-0.25, -0.2) is 8.42 Å². The fourth-order valence-electron chi connectivity index (χ4n) is 2.41. The molecule has 1 aliphatic heterocycles. The second-order valence-corrected chi connectivity index (χ2v) is 8.61. The molecule has 0 bridgehead atoms. The molecule has 1 rings (SSSR count). The highest BCUT2D eigenvalue weighted by Gasteiger charge is 2.20. The summed E-state index contributed by atoms with van der Waals surface area (Å²) in [5.74, 6) is 2.17. The van der Waals surface area contributed by atoms with E-state index < -0.39 is 9.84 Å². The van der Waals surface area contributed by atoms with Crippen molar-refractivity contribution in [3.8, 4) is 0 Å². The van der Waals surface area contributed by atoms with Crippen LogP contribution < -0.4 is 10.6 Å². The van der Waals surface area contributed by atoms with Crippen LogP contribution in [0.15, 0.2) is 4.99 Å². The van der Waals surface area contributed by atoms with Gasteiger partial charge in [-0.3, -0.25) is 9.89 Å². The summed E-state index contributed by atoms with van der Waals surface area (Å²) in [6.45, 7) is 8.36. The Kier molecular flexibility index (Phi) is 12.2. The molecule has 0 aromatic carbocycles. The molecule has 0 aliphatic carbocycles. The summed E-state index contributed by atoms with van der Waals surface area (Å²) in [5.41, 5.74) is 0. The number of aliphatic imine (C=N–C) groups is 1. The number of nitrogens with zero attached hydrogens (tertiary/aromatic N) is 2. The SMILES string of the molecule is CN=C(NCCCCC(C)C)NCCN1CCS(=O)(=O)CC1.I. The lowest BCUT2D eigenvalue weighted by atomic mass is 10.1. The molecule has 8 heteroatoms. The summed E-state index contributed by atoms with van der Waals surface area (Å²) in [5, 5.41) is 6.60. The molecule has 1 saturated heterocycles. The second kappa shape index (κ2) is 12.3. The van der Waals surface area contributed by atoms with Gasteiger partial charge in [-0.15, -0.1) is 24.0 Å². The lowest BCUT2D eigenvalue weighted by Crippen LogP contribution is -2.46. The second-order valence-electron chi connectivity index (χ2n) is 6.31. The summed E-state index contributed by atoms with van der Waals surface area (Å²) in [7, 11) is -1.01. The number of hydrogen-bond acceptors (Lipinski definition) is 4. The largest absolute Gasteiger partial charge is 0.356 e. The van der Waals surface area contributed by atoms with Crippen molar-refractivity contribution in [3.05, 3.63) is 0 Å². The van der Waals surface area contributed by atoms with E-state index in [1.54, 1.807) is 7.05 Å². The third-order valence-electron chi connectivity index (χ3n) is 3.88. The topological polar surface area (TPSA) is 73.8 Å². The van der Waals surface area contributed by atoms with Gasteiger partial charge in [0.15, 0.2) is 15.8 Å². The van der Waals surface area contributed by atoms with E-state index >= 15 is 0 Å². The Balaban J connectivity index is 0.00000484. The zero-order valence-corrected chi connectivity index (χ0v) is 17.8. The molecule has 1 aliphatic rings. The Bertz CT molecular complexity index is 427. The van der Waals surface area contributed by atoms with Gasteiger partial charge in [0.2, 0.25) is 0 Å². The highest BCUT2D eigenvalue weighted by molar-refractivity contribution is 14.0. The first-order valence-corrected chi connectivity index (χ1v) is 10.1. The highest BCUT2D eigenvalue weighted by atomic mass is 127. The average molecular weight is 460 g/mol. The van der Waals surface area contributed by atoms with E-state index in [4.69, 9.17) is 0 Å². The monoisotopic (exact) mass is 460 g/mol. The molecule has 0 unspecified atom stereocenters. The summed E-state index contributed by atoms with van der Waals surface area (Å²) >= 11 is 0. The summed E-state index contributed by atoms with van der Waals surface area (Å²) < 4.78 is 22.7. The van der Waals surface area contributed by atoms with Crippen LogP contribution in [0.2, 0.25) is 0 Å². The Morgan fingerprint density at radius 2 is 1.74 bits per heavy atom. The average Bonchev–Trinajstić information content (AvgIpc) is 2.46. The van der Waals surface area contributed by atoms with E-state index in [-0.39, 0.29) is 35.5 Å². The number of rotatable bonds is 8. The van der Waals surface area contributed by atoms with Crippen molar-refractivity contribution in [3.63, 3.8) is 0 Å². The highest BCUT2D eigenvalue weighted by Crippen LogP contribution is 2.05. The number of hydrogen-bond donors (Lipinski definition) is 2. The molecular formula is C15H33IN4O2S. The van der Waals surface area contributed by atoms with Crippen LogP contribution in [-0.2, 0) is 9.84 Å². The number of unbranched alkanes of at least 4 members (excludes halogenated alkanes) is 1. The molecule has 0 radical (unpaired) electrons. The van der Waals surface area contributed by atoms with Crippen molar-refractivity contribution < 1.29 is 8.42 Å². The predicted molar refractivity (Wildman–Crippen MR) is 109 cm³/mol. The van der Waals surface area contributed by atoms with E-state index in [1.165, 1.54) is 12.8 Å². The smallest absolute Gasteiger partial charge is 0.191 e. The van der Waals surface area contributed by atoms with Gasteiger partial charge in [0.05, 0.1) is 11.5 Å². The van der Waals surface area contributed by atoms with Crippen LogP contribution in [0.25, 0.3) is 0 Å². The summed E-state index contributed by atoms with van der Waals surface area (Å²) in [6.07, 6.45) is 3.67. The van der Waals surface area contributed by atoms with Gasteiger partial charge in [-0.1, -0.05) is 26.7 Å². The van der Waals surface area contributed by atoms with Crippen molar-refractivity contribution in [1.82, 2.24) is 15.5 Å². The first kappa shape index (κ1) is 22.9. The van der Waals surface area contributed by atoms with Crippen LogP contribution >= 0.6 is 24.0 Å². The molecule has 23 heavy (non-hydrogen) atoms. The predicted octanol–water partition coefficient (Wildman–Crippen LogP) is 1.33. The number of halogens is 1. The fourth-order valence-corrected chi connectivity index (χ4v) is 3.69. The molecule has 2 N–H and O–H groups in total. The maximum Gasteiger partial charge on any atom is 0.191 e. The van der Waals surface area contributed by atoms with Gasteiger partial charge >= 0.3 is 0 Å². The van der Waals surface area contributed by atoms with Gasteiger partial charge in [-0.2, -0.15) is 0 Å². The van der Waals surface area contributed by atoms with Crippen molar-refractivity contribution in [2.24, 2.45) is 10.9 Å². The molecular weight excluding hydrogens is 427 g/mol. The molecule has 0 aromatic rings. The first-order valence-electron chi connectivity index (χ1n) is 8.30. The van der Waals surface area contributed by atoms with E-state index in [0.29, 0.717) is 13.1 Å². The van der Waals surface area contributed by atoms with Crippen molar-refractivity contribution >= 4 is 39.8 Å². The molecule has 0 spiro atoms. The van der Waals surface area contributed by atoms with Gasteiger partial charge in [0.25, 0.3) is 0 Å². The van der Waals surface area contributed by atoms with Crippen LogP contribution in [0.1, 0.15) is 33.1 Å². The van der Waals surface area contributed by atoms with E-state index in [1.807, 2.05) is 0 Å². The normalized spacial score (nSPS) is 18.5. The zero-order valence-electron chi connectivity index (χ0n) is 14.7. The van der Waals surface area contributed by atoms with Gasteiger partial charge in [-0.05, 0) is 12.3 Å². The zero-order chi connectivity index (χ0) is 16.4. The maximum absolute atomic E-state index is 11.4. The lowest BCUT2D eigenvalue weighted by molar-refractivity contribution is 0.299. The van der Waals surface area contributed by atoms with Crippen molar-refractivity contribution in [1.29, 1.82) is 0 Å². The van der Waals surface area contributed by atoms with E-state index in [9.17, 15) is 8.42 Å². The van der Waals surface area contributed by atoms with Crippen molar-refractivity contribution in [2.75, 3.05) is 51.3 Å². The Labute approximate surface area is 158 Å². The Hall–Kier alpha value is -0.0900. The van der Waals surface area contributed by atoms with Crippen LogP contribution in [-0.4, -0.2) is 70.6 Å². The molecule has 6 nitrogen and oxygen atoms in total. The molecule has 0 amide bonds.